The van der Waals surface area contributed by atoms with E-state index in [1.165, 1.54) is 0 Å². The molecule has 0 spiro atoms. The minimum atomic E-state index is 0.188. The zero-order valence-corrected chi connectivity index (χ0v) is 18.3. The largest absolute Gasteiger partial charge is 0.486 e. The molecule has 0 bridgehead atoms. The molecule has 0 amide bonds. The van der Waals surface area contributed by atoms with Gasteiger partial charge in [-0.1, -0.05) is 17.7 Å². The highest BCUT2D eigenvalue weighted by Gasteiger charge is 2.19. The molecule has 2 aliphatic heterocycles. The SMILES string of the molecule is Nc1nc(CN2CCN(c3cccc(Cl)c3)CC2)nc(Nc2ccc3c(c2)OCCO3)n1. The lowest BCUT2D eigenvalue weighted by Crippen LogP contribution is -2.46. The highest BCUT2D eigenvalue weighted by Crippen LogP contribution is 2.33. The second kappa shape index (κ2) is 9.05. The monoisotopic (exact) mass is 453 g/mol. The quantitative estimate of drug-likeness (QED) is 0.603. The highest BCUT2D eigenvalue weighted by atomic mass is 35.5. The van der Waals surface area contributed by atoms with Crippen molar-refractivity contribution in [2.24, 2.45) is 0 Å². The van der Waals surface area contributed by atoms with Crippen LogP contribution in [-0.4, -0.2) is 59.2 Å². The van der Waals surface area contributed by atoms with Gasteiger partial charge in [-0.15, -0.1) is 0 Å². The van der Waals surface area contributed by atoms with E-state index in [4.69, 9.17) is 26.8 Å². The number of nitrogens with zero attached hydrogens (tertiary/aromatic N) is 5. The summed E-state index contributed by atoms with van der Waals surface area (Å²) >= 11 is 6.13. The molecule has 9 nitrogen and oxygen atoms in total. The molecule has 0 atom stereocenters. The van der Waals surface area contributed by atoms with Crippen LogP contribution in [0.2, 0.25) is 5.02 Å². The molecule has 1 saturated heterocycles. The molecule has 5 rings (SSSR count). The van der Waals surface area contributed by atoms with E-state index in [1.807, 2.05) is 36.4 Å². The van der Waals surface area contributed by atoms with Crippen LogP contribution in [0.3, 0.4) is 0 Å². The summed E-state index contributed by atoms with van der Waals surface area (Å²) in [7, 11) is 0. The van der Waals surface area contributed by atoms with Gasteiger partial charge in [0.15, 0.2) is 11.5 Å². The number of ether oxygens (including phenoxy) is 2. The number of rotatable bonds is 5. The second-order valence-corrected chi connectivity index (χ2v) is 8.10. The Morgan fingerprint density at radius 2 is 1.75 bits per heavy atom. The zero-order valence-electron chi connectivity index (χ0n) is 17.5. The van der Waals surface area contributed by atoms with Crippen LogP contribution in [-0.2, 0) is 6.54 Å². The van der Waals surface area contributed by atoms with E-state index >= 15 is 0 Å². The van der Waals surface area contributed by atoms with Crippen LogP contribution in [0.25, 0.3) is 0 Å². The van der Waals surface area contributed by atoms with Crippen molar-refractivity contribution in [3.8, 4) is 11.5 Å². The topological polar surface area (TPSA) is 102 Å². The van der Waals surface area contributed by atoms with Gasteiger partial charge in [0.25, 0.3) is 0 Å². The Morgan fingerprint density at radius 3 is 2.56 bits per heavy atom. The fourth-order valence-corrected chi connectivity index (χ4v) is 4.04. The van der Waals surface area contributed by atoms with Gasteiger partial charge in [0.1, 0.15) is 19.0 Å². The van der Waals surface area contributed by atoms with Crippen LogP contribution in [0, 0.1) is 0 Å². The van der Waals surface area contributed by atoms with Crippen LogP contribution in [0.1, 0.15) is 5.82 Å². The molecule has 1 fully saturated rings. The molecule has 0 aliphatic carbocycles. The maximum Gasteiger partial charge on any atom is 0.232 e. The maximum atomic E-state index is 6.13. The molecule has 3 aromatic rings. The Bertz CT molecular complexity index is 1110. The van der Waals surface area contributed by atoms with Gasteiger partial charge in [0, 0.05) is 48.6 Å². The van der Waals surface area contributed by atoms with E-state index < -0.39 is 0 Å². The second-order valence-electron chi connectivity index (χ2n) is 7.66. The predicted molar refractivity (Wildman–Crippen MR) is 124 cm³/mol. The van der Waals surface area contributed by atoms with E-state index in [1.54, 1.807) is 0 Å². The van der Waals surface area contributed by atoms with Crippen molar-refractivity contribution in [2.75, 3.05) is 55.3 Å². The molecule has 32 heavy (non-hydrogen) atoms. The standard InChI is InChI=1S/C22H24ClN7O2/c23-15-2-1-3-17(12-15)30-8-6-29(7-9-30)14-20-26-21(24)28-22(27-20)25-16-4-5-18-19(13-16)32-11-10-31-18/h1-5,12-13H,6-11,14H2,(H3,24,25,26,27,28). The van der Waals surface area contributed by atoms with Crippen molar-refractivity contribution < 1.29 is 9.47 Å². The normalized spacial score (nSPS) is 16.1. The number of fused-ring (bicyclic) bond motifs is 1. The Labute approximate surface area is 191 Å². The lowest BCUT2D eigenvalue weighted by molar-refractivity contribution is 0.171. The maximum absolute atomic E-state index is 6.13. The first-order chi connectivity index (χ1) is 15.6. The summed E-state index contributed by atoms with van der Waals surface area (Å²) in [5.41, 5.74) is 7.89. The third-order valence-corrected chi connectivity index (χ3v) is 5.64. The molecule has 0 unspecified atom stereocenters. The minimum Gasteiger partial charge on any atom is -0.486 e. The lowest BCUT2D eigenvalue weighted by Gasteiger charge is -2.35. The first-order valence-electron chi connectivity index (χ1n) is 10.5. The molecule has 0 saturated carbocycles. The van der Waals surface area contributed by atoms with Crippen LogP contribution in [0.5, 0.6) is 11.5 Å². The number of aromatic nitrogens is 3. The van der Waals surface area contributed by atoms with E-state index in [2.05, 4.69) is 36.1 Å². The highest BCUT2D eigenvalue weighted by molar-refractivity contribution is 6.30. The fraction of sp³-hybridized carbons (Fsp3) is 0.318. The van der Waals surface area contributed by atoms with Crippen molar-refractivity contribution >= 4 is 34.9 Å². The van der Waals surface area contributed by atoms with Crippen LogP contribution < -0.4 is 25.4 Å². The number of halogens is 1. The average molecular weight is 454 g/mol. The summed E-state index contributed by atoms with van der Waals surface area (Å²) in [5.74, 6) is 2.65. The minimum absolute atomic E-state index is 0.188. The van der Waals surface area contributed by atoms with Gasteiger partial charge in [-0.2, -0.15) is 15.0 Å². The molecule has 2 aromatic carbocycles. The molecule has 3 heterocycles. The molecular weight excluding hydrogens is 430 g/mol. The predicted octanol–water partition coefficient (Wildman–Crippen LogP) is 2.94. The van der Waals surface area contributed by atoms with Gasteiger partial charge in [-0.05, 0) is 30.3 Å². The summed E-state index contributed by atoms with van der Waals surface area (Å²) in [4.78, 5) is 17.8. The Hall–Kier alpha value is -3.30. The van der Waals surface area contributed by atoms with E-state index in [0.29, 0.717) is 37.3 Å². The molecule has 1 aromatic heterocycles. The number of piperazine rings is 1. The zero-order chi connectivity index (χ0) is 21.9. The van der Waals surface area contributed by atoms with Crippen LogP contribution in [0.4, 0.5) is 23.3 Å². The van der Waals surface area contributed by atoms with E-state index in [0.717, 1.165) is 48.3 Å². The fourth-order valence-electron chi connectivity index (χ4n) is 3.85. The van der Waals surface area contributed by atoms with Crippen molar-refractivity contribution in [3.63, 3.8) is 0 Å². The van der Waals surface area contributed by atoms with E-state index in [-0.39, 0.29) is 5.95 Å². The Kier molecular flexibility index (Phi) is 5.83. The van der Waals surface area contributed by atoms with Gasteiger partial charge < -0.3 is 25.4 Å². The summed E-state index contributed by atoms with van der Waals surface area (Å²) in [6.45, 7) is 5.29. The van der Waals surface area contributed by atoms with Gasteiger partial charge in [0.2, 0.25) is 11.9 Å². The number of hydrogen-bond acceptors (Lipinski definition) is 9. The van der Waals surface area contributed by atoms with Crippen molar-refractivity contribution in [3.05, 3.63) is 53.3 Å². The number of nitrogens with one attached hydrogen (secondary N) is 1. The molecule has 3 N–H and O–H groups in total. The number of anilines is 4. The number of nitrogens with two attached hydrogens (primary N) is 1. The number of benzene rings is 2. The molecular formula is C22H24ClN7O2. The van der Waals surface area contributed by atoms with Crippen molar-refractivity contribution in [2.45, 2.75) is 6.54 Å². The molecule has 10 heteroatoms. The molecule has 2 aliphatic rings. The summed E-state index contributed by atoms with van der Waals surface area (Å²) in [5, 5.41) is 3.94. The first-order valence-corrected chi connectivity index (χ1v) is 10.9. The first kappa shape index (κ1) is 20.6. The van der Waals surface area contributed by atoms with E-state index in [9.17, 15) is 0 Å². The molecule has 166 valence electrons. The third kappa shape index (κ3) is 4.79. The van der Waals surface area contributed by atoms with Gasteiger partial charge in [-0.3, -0.25) is 4.90 Å². The van der Waals surface area contributed by atoms with Crippen LogP contribution in [0.15, 0.2) is 42.5 Å². The summed E-state index contributed by atoms with van der Waals surface area (Å²) in [6.07, 6.45) is 0. The molecule has 0 radical (unpaired) electrons. The Balaban J connectivity index is 1.23. The average Bonchev–Trinajstić information content (AvgIpc) is 2.79. The van der Waals surface area contributed by atoms with Gasteiger partial charge in [-0.25, -0.2) is 0 Å². The lowest BCUT2D eigenvalue weighted by atomic mass is 10.2. The smallest absolute Gasteiger partial charge is 0.232 e. The van der Waals surface area contributed by atoms with Crippen molar-refractivity contribution in [1.82, 2.24) is 19.9 Å². The third-order valence-electron chi connectivity index (χ3n) is 5.41. The van der Waals surface area contributed by atoms with Crippen molar-refractivity contribution in [1.29, 1.82) is 0 Å². The summed E-state index contributed by atoms with van der Waals surface area (Å²) in [6, 6.07) is 13.6. The number of hydrogen-bond donors (Lipinski definition) is 2. The number of nitrogen functional groups attached to an aromatic ring is 1. The Morgan fingerprint density at radius 1 is 0.938 bits per heavy atom. The van der Waals surface area contributed by atoms with Crippen LogP contribution >= 0.6 is 11.6 Å². The van der Waals surface area contributed by atoms with Gasteiger partial charge >= 0.3 is 0 Å². The summed E-state index contributed by atoms with van der Waals surface area (Å²) < 4.78 is 11.2. The van der Waals surface area contributed by atoms with Gasteiger partial charge in [0.05, 0.1) is 6.54 Å².